The van der Waals surface area contributed by atoms with E-state index in [-0.39, 0.29) is 12.2 Å². The summed E-state index contributed by atoms with van der Waals surface area (Å²) in [6, 6.07) is 12.9. The van der Waals surface area contributed by atoms with Crippen LogP contribution in [-0.2, 0) is 4.79 Å². The molecule has 2 rings (SSSR count). The molecule has 0 spiro atoms. The highest BCUT2D eigenvalue weighted by Gasteiger charge is 2.11. The van der Waals surface area contributed by atoms with Crippen LogP contribution in [0.1, 0.15) is 18.0 Å². The summed E-state index contributed by atoms with van der Waals surface area (Å²) in [6.45, 7) is 0. The Morgan fingerprint density at radius 1 is 1.16 bits per heavy atom. The van der Waals surface area contributed by atoms with E-state index in [0.717, 1.165) is 16.7 Å². The number of halogens is 1. The third-order valence-electron chi connectivity index (χ3n) is 2.87. The zero-order valence-corrected chi connectivity index (χ0v) is 10.2. The number of carboxylic acid groups (broad SMARTS) is 1. The Hall–Kier alpha value is -2.20. The van der Waals surface area contributed by atoms with Crippen LogP contribution in [0.15, 0.2) is 48.5 Å². The minimum absolute atomic E-state index is 0.132. The van der Waals surface area contributed by atoms with E-state index < -0.39 is 12.0 Å². The topological polar surface area (TPSA) is 63.3 Å². The first kappa shape index (κ1) is 13.2. The second-order valence-corrected chi connectivity index (χ2v) is 4.34. The molecule has 0 aliphatic carbocycles. The molecule has 0 aliphatic heterocycles. The summed E-state index contributed by atoms with van der Waals surface area (Å²) < 4.78 is 13.2. The molecule has 98 valence electrons. The van der Waals surface area contributed by atoms with Gasteiger partial charge in [0.05, 0.1) is 6.42 Å². The van der Waals surface area contributed by atoms with Crippen LogP contribution in [0.25, 0.3) is 11.1 Å². The molecule has 1 unspecified atom stereocenters. The maximum absolute atomic E-state index is 13.2. The summed E-state index contributed by atoms with van der Waals surface area (Å²) in [6.07, 6.45) is -0.132. The summed E-state index contributed by atoms with van der Waals surface area (Å²) in [5.74, 6) is -1.25. The normalized spacial score (nSPS) is 12.1. The second-order valence-electron chi connectivity index (χ2n) is 4.34. The Bertz CT molecular complexity index is 598. The summed E-state index contributed by atoms with van der Waals surface area (Å²) in [7, 11) is 0. The van der Waals surface area contributed by atoms with Crippen molar-refractivity contribution >= 4 is 5.97 Å². The van der Waals surface area contributed by atoms with Crippen molar-refractivity contribution in [2.75, 3.05) is 0 Å². The van der Waals surface area contributed by atoms with Crippen LogP contribution in [0.3, 0.4) is 0 Å². The quantitative estimate of drug-likeness (QED) is 0.887. The van der Waals surface area contributed by atoms with E-state index in [0.29, 0.717) is 0 Å². The molecule has 0 saturated carbocycles. The number of aliphatic carboxylic acids is 1. The molecule has 0 fully saturated rings. The Morgan fingerprint density at radius 2 is 1.79 bits per heavy atom. The van der Waals surface area contributed by atoms with Crippen LogP contribution in [0.5, 0.6) is 0 Å². The standard InChI is InChI=1S/C15H14FNO2/c16-13-6-2-4-11(8-13)10-3-1-5-12(7-10)14(17)9-15(18)19/h1-8,14H,9,17H2,(H,18,19). The summed E-state index contributed by atoms with van der Waals surface area (Å²) >= 11 is 0. The van der Waals surface area contributed by atoms with Crippen molar-refractivity contribution in [3.8, 4) is 11.1 Å². The first-order chi connectivity index (χ1) is 9.06. The summed E-state index contributed by atoms with van der Waals surface area (Å²) in [4.78, 5) is 10.7. The Kier molecular flexibility index (Phi) is 3.92. The van der Waals surface area contributed by atoms with E-state index in [2.05, 4.69) is 0 Å². The van der Waals surface area contributed by atoms with Crippen molar-refractivity contribution in [2.24, 2.45) is 5.73 Å². The molecular weight excluding hydrogens is 245 g/mol. The number of nitrogens with two attached hydrogens (primary N) is 1. The predicted molar refractivity (Wildman–Crippen MR) is 71.0 cm³/mol. The Balaban J connectivity index is 2.31. The SMILES string of the molecule is NC(CC(=O)O)c1cccc(-c2cccc(F)c2)c1. The molecule has 0 radical (unpaired) electrons. The molecular formula is C15H14FNO2. The van der Waals surface area contributed by atoms with Gasteiger partial charge < -0.3 is 10.8 Å². The minimum atomic E-state index is -0.941. The number of rotatable bonds is 4. The van der Waals surface area contributed by atoms with Gasteiger partial charge in [0.1, 0.15) is 5.82 Å². The highest BCUT2D eigenvalue weighted by atomic mass is 19.1. The van der Waals surface area contributed by atoms with Crippen LogP contribution in [0.4, 0.5) is 4.39 Å². The van der Waals surface area contributed by atoms with E-state index in [1.165, 1.54) is 12.1 Å². The molecule has 4 heteroatoms. The molecule has 2 aromatic carbocycles. The average Bonchev–Trinajstić information content (AvgIpc) is 2.38. The van der Waals surface area contributed by atoms with E-state index in [1.54, 1.807) is 30.3 Å². The number of carboxylic acids is 1. The molecule has 0 aromatic heterocycles. The number of carbonyl (C=O) groups is 1. The zero-order chi connectivity index (χ0) is 13.8. The van der Waals surface area contributed by atoms with Crippen molar-refractivity contribution < 1.29 is 14.3 Å². The Labute approximate surface area is 110 Å². The molecule has 0 bridgehead atoms. The van der Waals surface area contributed by atoms with Gasteiger partial charge in [-0.25, -0.2) is 4.39 Å². The van der Waals surface area contributed by atoms with Crippen molar-refractivity contribution in [1.29, 1.82) is 0 Å². The summed E-state index contributed by atoms with van der Waals surface area (Å²) in [5.41, 5.74) is 8.10. The fraction of sp³-hybridized carbons (Fsp3) is 0.133. The van der Waals surface area contributed by atoms with Gasteiger partial charge in [-0.3, -0.25) is 4.79 Å². The van der Waals surface area contributed by atoms with Crippen LogP contribution >= 0.6 is 0 Å². The number of benzene rings is 2. The van der Waals surface area contributed by atoms with E-state index in [9.17, 15) is 9.18 Å². The largest absolute Gasteiger partial charge is 0.481 e. The predicted octanol–water partition coefficient (Wildman–Crippen LogP) is 2.97. The van der Waals surface area contributed by atoms with E-state index in [4.69, 9.17) is 10.8 Å². The molecule has 0 heterocycles. The first-order valence-corrected chi connectivity index (χ1v) is 5.89. The Morgan fingerprint density at radius 3 is 2.42 bits per heavy atom. The molecule has 0 saturated heterocycles. The smallest absolute Gasteiger partial charge is 0.305 e. The molecule has 1 atom stereocenters. The molecule has 0 aliphatic rings. The van der Waals surface area contributed by atoms with Gasteiger partial charge in [-0.15, -0.1) is 0 Å². The molecule has 19 heavy (non-hydrogen) atoms. The monoisotopic (exact) mass is 259 g/mol. The molecule has 3 nitrogen and oxygen atoms in total. The van der Waals surface area contributed by atoms with Crippen molar-refractivity contribution in [3.63, 3.8) is 0 Å². The van der Waals surface area contributed by atoms with Gasteiger partial charge in [0.15, 0.2) is 0 Å². The van der Waals surface area contributed by atoms with Crippen molar-refractivity contribution in [2.45, 2.75) is 12.5 Å². The number of hydrogen-bond donors (Lipinski definition) is 2. The van der Waals surface area contributed by atoms with Gasteiger partial charge in [-0.1, -0.05) is 30.3 Å². The molecule has 0 amide bonds. The lowest BCUT2D eigenvalue weighted by Crippen LogP contribution is -2.14. The highest BCUT2D eigenvalue weighted by Crippen LogP contribution is 2.24. The van der Waals surface area contributed by atoms with E-state index in [1.807, 2.05) is 6.07 Å². The van der Waals surface area contributed by atoms with Crippen LogP contribution < -0.4 is 5.73 Å². The van der Waals surface area contributed by atoms with Gasteiger partial charge in [0.2, 0.25) is 0 Å². The van der Waals surface area contributed by atoms with Gasteiger partial charge in [0.25, 0.3) is 0 Å². The lowest BCUT2D eigenvalue weighted by Gasteiger charge is -2.11. The molecule has 3 N–H and O–H groups in total. The number of hydrogen-bond acceptors (Lipinski definition) is 2. The fourth-order valence-electron chi connectivity index (χ4n) is 1.92. The maximum Gasteiger partial charge on any atom is 0.305 e. The van der Waals surface area contributed by atoms with Crippen molar-refractivity contribution in [3.05, 3.63) is 59.9 Å². The minimum Gasteiger partial charge on any atom is -0.481 e. The van der Waals surface area contributed by atoms with Crippen molar-refractivity contribution in [1.82, 2.24) is 0 Å². The van der Waals surface area contributed by atoms with Crippen LogP contribution in [0, 0.1) is 5.82 Å². The second kappa shape index (κ2) is 5.63. The third kappa shape index (κ3) is 3.39. The van der Waals surface area contributed by atoms with Gasteiger partial charge in [-0.2, -0.15) is 0 Å². The van der Waals surface area contributed by atoms with Gasteiger partial charge in [-0.05, 0) is 34.9 Å². The molecule has 2 aromatic rings. The highest BCUT2D eigenvalue weighted by molar-refractivity contribution is 5.69. The lowest BCUT2D eigenvalue weighted by atomic mass is 9.98. The third-order valence-corrected chi connectivity index (χ3v) is 2.87. The zero-order valence-electron chi connectivity index (χ0n) is 10.2. The van der Waals surface area contributed by atoms with Gasteiger partial charge >= 0.3 is 5.97 Å². The fourth-order valence-corrected chi connectivity index (χ4v) is 1.92. The lowest BCUT2D eigenvalue weighted by molar-refractivity contribution is -0.137. The van der Waals surface area contributed by atoms with Gasteiger partial charge in [0, 0.05) is 6.04 Å². The van der Waals surface area contributed by atoms with Crippen LogP contribution in [-0.4, -0.2) is 11.1 Å². The van der Waals surface area contributed by atoms with Crippen LogP contribution in [0.2, 0.25) is 0 Å². The maximum atomic E-state index is 13.2. The van der Waals surface area contributed by atoms with E-state index >= 15 is 0 Å². The first-order valence-electron chi connectivity index (χ1n) is 5.89. The summed E-state index contributed by atoms with van der Waals surface area (Å²) in [5, 5.41) is 8.74. The average molecular weight is 259 g/mol.